The van der Waals surface area contributed by atoms with Crippen molar-refractivity contribution in [3.05, 3.63) is 43.9 Å². The summed E-state index contributed by atoms with van der Waals surface area (Å²) in [6.07, 6.45) is 0. The maximum atomic E-state index is 11.5. The Hall–Kier alpha value is -1.88. The Morgan fingerprint density at radius 1 is 1.35 bits per heavy atom. The lowest BCUT2D eigenvalue weighted by Crippen LogP contribution is -2.17. The largest absolute Gasteiger partial charge is 0.477 e. The van der Waals surface area contributed by atoms with E-state index in [2.05, 4.69) is 4.98 Å². The minimum Gasteiger partial charge on any atom is -0.477 e. The Bertz CT molecular complexity index is 639. The number of rotatable bonds is 2. The highest BCUT2D eigenvalue weighted by Crippen LogP contribution is 2.28. The number of carbonyl (C=O) groups is 1. The molecule has 0 aromatic carbocycles. The molecule has 0 aliphatic heterocycles. The van der Waals surface area contributed by atoms with Crippen molar-refractivity contribution < 1.29 is 9.90 Å². The molecular formula is C12H11NO3S. The number of hydrogen-bond acceptors (Lipinski definition) is 3. The van der Waals surface area contributed by atoms with Gasteiger partial charge in [-0.25, -0.2) is 4.79 Å². The zero-order valence-electron chi connectivity index (χ0n) is 9.40. The summed E-state index contributed by atoms with van der Waals surface area (Å²) in [5.41, 5.74) is 1.90. The second-order valence-electron chi connectivity index (χ2n) is 3.75. The van der Waals surface area contributed by atoms with Crippen molar-refractivity contribution in [3.8, 4) is 11.3 Å². The number of aromatic amines is 1. The van der Waals surface area contributed by atoms with Crippen LogP contribution < -0.4 is 5.56 Å². The van der Waals surface area contributed by atoms with Crippen LogP contribution in [0, 0.1) is 13.8 Å². The molecule has 4 nitrogen and oxygen atoms in total. The van der Waals surface area contributed by atoms with Gasteiger partial charge in [-0.05, 0) is 31.5 Å². The molecule has 0 radical (unpaired) electrons. The second-order valence-corrected chi connectivity index (χ2v) is 4.83. The van der Waals surface area contributed by atoms with E-state index in [0.717, 1.165) is 11.1 Å². The number of aryl methyl sites for hydroxylation is 1. The van der Waals surface area contributed by atoms with Gasteiger partial charge in [-0.1, -0.05) is 0 Å². The highest BCUT2D eigenvalue weighted by molar-refractivity contribution is 7.10. The Balaban J connectivity index is 2.56. The van der Waals surface area contributed by atoms with Crippen LogP contribution in [-0.2, 0) is 0 Å². The van der Waals surface area contributed by atoms with Crippen LogP contribution in [0.3, 0.4) is 0 Å². The molecule has 0 aliphatic carbocycles. The van der Waals surface area contributed by atoms with Gasteiger partial charge in [0.15, 0.2) is 0 Å². The monoisotopic (exact) mass is 249 g/mol. The fourth-order valence-electron chi connectivity index (χ4n) is 1.58. The lowest BCUT2D eigenvalue weighted by atomic mass is 10.1. The molecule has 2 N–H and O–H groups in total. The summed E-state index contributed by atoms with van der Waals surface area (Å²) in [4.78, 5) is 26.0. The topological polar surface area (TPSA) is 70.2 Å². The van der Waals surface area contributed by atoms with Crippen LogP contribution in [0.15, 0.2) is 22.3 Å². The lowest BCUT2D eigenvalue weighted by molar-refractivity contribution is 0.0695. The summed E-state index contributed by atoms with van der Waals surface area (Å²) in [6.45, 7) is 3.98. The number of thiophene rings is 1. The third-order valence-corrected chi connectivity index (χ3v) is 3.73. The average molecular weight is 249 g/mol. The van der Waals surface area contributed by atoms with Gasteiger partial charge in [0.1, 0.15) is 5.56 Å². The summed E-state index contributed by atoms with van der Waals surface area (Å²) in [6, 6.07) is 2.96. The van der Waals surface area contributed by atoms with Gasteiger partial charge >= 0.3 is 5.97 Å². The molecule has 0 saturated carbocycles. The number of aromatic carboxylic acids is 1. The summed E-state index contributed by atoms with van der Waals surface area (Å²) in [5.74, 6) is -1.21. The van der Waals surface area contributed by atoms with Gasteiger partial charge in [-0.15, -0.1) is 11.3 Å². The molecule has 2 aromatic heterocycles. The minimum absolute atomic E-state index is 0.238. The van der Waals surface area contributed by atoms with E-state index in [1.165, 1.54) is 10.9 Å². The predicted molar refractivity (Wildman–Crippen MR) is 66.8 cm³/mol. The number of carboxylic acids is 1. The van der Waals surface area contributed by atoms with Crippen molar-refractivity contribution >= 4 is 17.3 Å². The zero-order chi connectivity index (χ0) is 12.6. The van der Waals surface area contributed by atoms with Crippen LogP contribution in [0.25, 0.3) is 11.3 Å². The molecule has 0 fully saturated rings. The van der Waals surface area contributed by atoms with Gasteiger partial charge < -0.3 is 10.1 Å². The molecule has 0 spiro atoms. The summed E-state index contributed by atoms with van der Waals surface area (Å²) < 4.78 is 0. The first-order chi connectivity index (χ1) is 8.00. The van der Waals surface area contributed by atoms with Gasteiger partial charge in [0.05, 0.1) is 0 Å². The SMILES string of the molecule is Cc1scc(-c2ccc(C(=O)O)c(=O)[nH]2)c1C. The maximum absolute atomic E-state index is 11.5. The van der Waals surface area contributed by atoms with Crippen LogP contribution in [0.1, 0.15) is 20.8 Å². The predicted octanol–water partition coefficient (Wildman–Crippen LogP) is 2.42. The first-order valence-corrected chi connectivity index (χ1v) is 5.90. The molecule has 2 heterocycles. The summed E-state index contributed by atoms with van der Waals surface area (Å²) >= 11 is 1.60. The molecule has 2 rings (SSSR count). The van der Waals surface area contributed by atoms with Crippen LogP contribution in [0.4, 0.5) is 0 Å². The maximum Gasteiger partial charge on any atom is 0.341 e. The smallest absolute Gasteiger partial charge is 0.341 e. The molecule has 88 valence electrons. The molecule has 0 unspecified atom stereocenters. The molecule has 0 bridgehead atoms. The van der Waals surface area contributed by atoms with E-state index in [4.69, 9.17) is 5.11 Å². The van der Waals surface area contributed by atoms with Gasteiger partial charge in [-0.2, -0.15) is 0 Å². The van der Waals surface area contributed by atoms with E-state index >= 15 is 0 Å². The Kier molecular flexibility index (Phi) is 2.85. The fourth-order valence-corrected chi connectivity index (χ4v) is 2.46. The van der Waals surface area contributed by atoms with E-state index in [1.807, 2.05) is 19.2 Å². The minimum atomic E-state index is -1.21. The number of hydrogen-bond donors (Lipinski definition) is 2. The standard InChI is InChI=1S/C12H11NO3S/c1-6-7(2)17-5-9(6)10-4-3-8(12(15)16)11(14)13-10/h3-5H,1-2H3,(H,13,14)(H,15,16). The number of aromatic nitrogens is 1. The van der Waals surface area contributed by atoms with Crippen LogP contribution >= 0.6 is 11.3 Å². The van der Waals surface area contributed by atoms with Crippen molar-refractivity contribution in [1.82, 2.24) is 4.98 Å². The highest BCUT2D eigenvalue weighted by atomic mass is 32.1. The number of carboxylic acid groups (broad SMARTS) is 1. The van der Waals surface area contributed by atoms with Crippen molar-refractivity contribution in [2.45, 2.75) is 13.8 Å². The van der Waals surface area contributed by atoms with Crippen LogP contribution in [-0.4, -0.2) is 16.1 Å². The second kappa shape index (κ2) is 4.18. The number of pyridine rings is 1. The van der Waals surface area contributed by atoms with Crippen LogP contribution in [0.2, 0.25) is 0 Å². The van der Waals surface area contributed by atoms with E-state index in [-0.39, 0.29) is 5.56 Å². The Morgan fingerprint density at radius 2 is 2.06 bits per heavy atom. The third kappa shape index (κ3) is 2.01. The van der Waals surface area contributed by atoms with E-state index in [0.29, 0.717) is 5.69 Å². The fraction of sp³-hybridized carbons (Fsp3) is 0.167. The number of H-pyrrole nitrogens is 1. The summed E-state index contributed by atoms with van der Waals surface area (Å²) in [7, 11) is 0. The first-order valence-electron chi connectivity index (χ1n) is 5.02. The highest BCUT2D eigenvalue weighted by Gasteiger charge is 2.11. The van der Waals surface area contributed by atoms with Gasteiger partial charge in [-0.3, -0.25) is 4.79 Å². The average Bonchev–Trinajstić information content (AvgIpc) is 2.59. The normalized spacial score (nSPS) is 10.5. The Morgan fingerprint density at radius 3 is 2.53 bits per heavy atom. The van der Waals surface area contributed by atoms with E-state index < -0.39 is 11.5 Å². The third-order valence-electron chi connectivity index (χ3n) is 2.72. The number of nitrogens with one attached hydrogen (secondary N) is 1. The van der Waals surface area contributed by atoms with Crippen molar-refractivity contribution in [3.63, 3.8) is 0 Å². The molecule has 0 atom stereocenters. The zero-order valence-corrected chi connectivity index (χ0v) is 10.2. The molecule has 2 aromatic rings. The molecule has 0 aliphatic rings. The summed E-state index contributed by atoms with van der Waals surface area (Å²) in [5, 5.41) is 10.7. The van der Waals surface area contributed by atoms with Crippen molar-refractivity contribution in [1.29, 1.82) is 0 Å². The quantitative estimate of drug-likeness (QED) is 0.858. The van der Waals surface area contributed by atoms with Crippen LogP contribution in [0.5, 0.6) is 0 Å². The first kappa shape index (κ1) is 11.6. The van der Waals surface area contributed by atoms with E-state index in [1.54, 1.807) is 17.4 Å². The van der Waals surface area contributed by atoms with Gasteiger partial charge in [0, 0.05) is 21.5 Å². The molecule has 0 amide bonds. The lowest BCUT2D eigenvalue weighted by Gasteiger charge is -2.01. The van der Waals surface area contributed by atoms with Gasteiger partial charge in [0.25, 0.3) is 5.56 Å². The molecule has 5 heteroatoms. The van der Waals surface area contributed by atoms with Crippen molar-refractivity contribution in [2.24, 2.45) is 0 Å². The molecular weight excluding hydrogens is 238 g/mol. The Labute approximate surface area is 102 Å². The molecule has 0 saturated heterocycles. The van der Waals surface area contributed by atoms with Gasteiger partial charge in [0.2, 0.25) is 0 Å². The van der Waals surface area contributed by atoms with E-state index in [9.17, 15) is 9.59 Å². The van der Waals surface area contributed by atoms with Crippen molar-refractivity contribution in [2.75, 3.05) is 0 Å². The molecule has 17 heavy (non-hydrogen) atoms.